The Bertz CT molecular complexity index is 534. The summed E-state index contributed by atoms with van der Waals surface area (Å²) in [6, 6.07) is 11.5. The van der Waals surface area contributed by atoms with Crippen molar-refractivity contribution in [3.8, 4) is 0 Å². The van der Waals surface area contributed by atoms with Gasteiger partial charge in [0.05, 0.1) is 0 Å². The van der Waals surface area contributed by atoms with Gasteiger partial charge in [-0.1, -0.05) is 38.1 Å². The number of hydrogen-bond acceptors (Lipinski definition) is 2. The van der Waals surface area contributed by atoms with E-state index in [0.29, 0.717) is 6.42 Å². The summed E-state index contributed by atoms with van der Waals surface area (Å²) in [6.07, 6.45) is 0.715. The maximum Gasteiger partial charge on any atom is 0.126 e. The van der Waals surface area contributed by atoms with Crippen molar-refractivity contribution in [2.24, 2.45) is 0 Å². The lowest BCUT2D eigenvalue weighted by atomic mass is 9.91. The van der Waals surface area contributed by atoms with Crippen molar-refractivity contribution in [2.45, 2.75) is 38.6 Å². The molecule has 1 heterocycles. The molecule has 1 aromatic carbocycles. The molecule has 0 aliphatic carbocycles. The molecule has 0 aliphatic rings. The van der Waals surface area contributed by atoms with Gasteiger partial charge >= 0.3 is 0 Å². The molecule has 108 valence electrons. The van der Waals surface area contributed by atoms with Gasteiger partial charge in [-0.3, -0.25) is 0 Å². The zero-order valence-corrected chi connectivity index (χ0v) is 13.1. The highest BCUT2D eigenvalue weighted by Gasteiger charge is 2.22. The van der Waals surface area contributed by atoms with Gasteiger partial charge < -0.3 is 5.32 Å². The van der Waals surface area contributed by atoms with Crippen molar-refractivity contribution in [3.05, 3.63) is 58.0 Å². The van der Waals surface area contributed by atoms with Crippen LogP contribution in [0, 0.1) is 5.82 Å². The summed E-state index contributed by atoms with van der Waals surface area (Å²) < 4.78 is 13.6. The highest BCUT2D eigenvalue weighted by Crippen LogP contribution is 2.26. The summed E-state index contributed by atoms with van der Waals surface area (Å²) in [5.74, 6) is -0.112. The van der Waals surface area contributed by atoms with Crippen LogP contribution in [0.25, 0.3) is 0 Å². The molecule has 0 aliphatic heterocycles. The highest BCUT2D eigenvalue weighted by atomic mass is 32.1. The molecule has 3 heteroatoms. The summed E-state index contributed by atoms with van der Waals surface area (Å²) in [5.41, 5.74) is 0.888. The van der Waals surface area contributed by atoms with Gasteiger partial charge in [0.2, 0.25) is 0 Å². The number of thiophene rings is 1. The zero-order valence-electron chi connectivity index (χ0n) is 12.3. The van der Waals surface area contributed by atoms with E-state index in [4.69, 9.17) is 0 Å². The molecule has 20 heavy (non-hydrogen) atoms. The van der Waals surface area contributed by atoms with Crippen molar-refractivity contribution in [2.75, 3.05) is 6.54 Å². The number of halogens is 1. The van der Waals surface area contributed by atoms with E-state index in [1.807, 2.05) is 12.1 Å². The fraction of sp³-hybridized carbons (Fsp3) is 0.412. The first-order chi connectivity index (χ1) is 9.49. The van der Waals surface area contributed by atoms with E-state index in [2.05, 4.69) is 43.6 Å². The molecule has 0 radical (unpaired) electrons. The minimum absolute atomic E-state index is 0.109. The summed E-state index contributed by atoms with van der Waals surface area (Å²) >= 11 is 1.79. The normalized spacial score (nSPS) is 13.4. The molecule has 1 atom stereocenters. The molecule has 2 aromatic rings. The minimum Gasteiger partial charge on any atom is -0.313 e. The molecule has 1 unspecified atom stereocenters. The van der Waals surface area contributed by atoms with Crippen LogP contribution < -0.4 is 5.32 Å². The quantitative estimate of drug-likeness (QED) is 0.832. The minimum atomic E-state index is -0.112. The van der Waals surface area contributed by atoms with Crippen LogP contribution in [-0.2, 0) is 11.8 Å². The molecule has 1 nitrogen and oxygen atoms in total. The van der Waals surface area contributed by atoms with E-state index < -0.39 is 0 Å². The van der Waals surface area contributed by atoms with E-state index in [-0.39, 0.29) is 17.3 Å². The van der Waals surface area contributed by atoms with Crippen LogP contribution in [0.3, 0.4) is 0 Å². The smallest absolute Gasteiger partial charge is 0.126 e. The summed E-state index contributed by atoms with van der Waals surface area (Å²) in [7, 11) is 0. The Hall–Kier alpha value is -1.19. The fourth-order valence-electron chi connectivity index (χ4n) is 2.25. The molecule has 0 bridgehead atoms. The summed E-state index contributed by atoms with van der Waals surface area (Å²) in [4.78, 5) is 1.38. The molecule has 0 amide bonds. The van der Waals surface area contributed by atoms with Crippen LogP contribution >= 0.6 is 11.3 Å². The Morgan fingerprint density at radius 1 is 1.20 bits per heavy atom. The maximum absolute atomic E-state index is 13.6. The van der Waals surface area contributed by atoms with E-state index in [0.717, 1.165) is 12.1 Å². The number of nitrogens with one attached hydrogen (secondary N) is 1. The van der Waals surface area contributed by atoms with Crippen LogP contribution in [0.2, 0.25) is 0 Å². The first-order valence-electron chi connectivity index (χ1n) is 7.00. The van der Waals surface area contributed by atoms with Gasteiger partial charge in [0.1, 0.15) is 5.82 Å². The van der Waals surface area contributed by atoms with Crippen LogP contribution in [-0.4, -0.2) is 12.6 Å². The number of hydrogen-bond donors (Lipinski definition) is 1. The van der Waals surface area contributed by atoms with Gasteiger partial charge in [-0.25, -0.2) is 4.39 Å². The van der Waals surface area contributed by atoms with Crippen molar-refractivity contribution < 1.29 is 4.39 Å². The first kappa shape index (κ1) is 15.2. The summed E-state index contributed by atoms with van der Waals surface area (Å²) in [6.45, 7) is 7.48. The number of rotatable bonds is 6. The third-order valence-electron chi connectivity index (χ3n) is 3.56. The van der Waals surface area contributed by atoms with Gasteiger partial charge in [-0.15, -0.1) is 11.3 Å². The second-order valence-corrected chi connectivity index (χ2v) is 6.89. The Kier molecular flexibility index (Phi) is 4.95. The number of benzene rings is 1. The van der Waals surface area contributed by atoms with Gasteiger partial charge in [0, 0.05) is 22.9 Å². The molecule has 0 saturated carbocycles. The Balaban J connectivity index is 1.89. The second-order valence-electron chi connectivity index (χ2n) is 5.94. The molecule has 0 fully saturated rings. The molecular weight excluding hydrogens is 269 g/mol. The predicted molar refractivity (Wildman–Crippen MR) is 84.9 cm³/mol. The first-order valence-corrected chi connectivity index (χ1v) is 7.88. The van der Waals surface area contributed by atoms with Crippen LogP contribution in [0.15, 0.2) is 41.8 Å². The van der Waals surface area contributed by atoms with Crippen molar-refractivity contribution in [3.63, 3.8) is 0 Å². The largest absolute Gasteiger partial charge is 0.313 e. The molecular formula is C17H22FNS. The maximum atomic E-state index is 13.6. The third-order valence-corrected chi connectivity index (χ3v) is 4.80. The lowest BCUT2D eigenvalue weighted by Crippen LogP contribution is -2.38. The molecule has 1 aromatic heterocycles. The molecule has 0 saturated heterocycles. The summed E-state index contributed by atoms with van der Waals surface area (Å²) in [5, 5.41) is 5.64. The SMILES string of the molecule is CC(Cc1ccccc1F)NCC(C)(C)c1cccs1. The van der Waals surface area contributed by atoms with Crippen molar-refractivity contribution >= 4 is 11.3 Å². The lowest BCUT2D eigenvalue weighted by molar-refractivity contribution is 0.430. The Labute approximate surface area is 124 Å². The average molecular weight is 291 g/mol. The monoisotopic (exact) mass is 291 g/mol. The zero-order chi connectivity index (χ0) is 14.6. The van der Waals surface area contributed by atoms with Crippen molar-refractivity contribution in [1.29, 1.82) is 0 Å². The van der Waals surface area contributed by atoms with E-state index >= 15 is 0 Å². The van der Waals surface area contributed by atoms with Crippen LogP contribution in [0.4, 0.5) is 4.39 Å². The second kappa shape index (κ2) is 6.51. The molecule has 0 spiro atoms. The molecule has 2 rings (SSSR count). The van der Waals surface area contributed by atoms with Crippen molar-refractivity contribution in [1.82, 2.24) is 5.32 Å². The predicted octanol–water partition coefficient (Wildman–Crippen LogP) is 4.39. The van der Waals surface area contributed by atoms with E-state index in [1.54, 1.807) is 17.4 Å². The van der Waals surface area contributed by atoms with E-state index in [9.17, 15) is 4.39 Å². The van der Waals surface area contributed by atoms with Gasteiger partial charge in [-0.2, -0.15) is 0 Å². The topological polar surface area (TPSA) is 12.0 Å². The lowest BCUT2D eigenvalue weighted by Gasteiger charge is -2.26. The van der Waals surface area contributed by atoms with Gasteiger partial charge in [0.15, 0.2) is 0 Å². The van der Waals surface area contributed by atoms with E-state index in [1.165, 1.54) is 10.9 Å². The van der Waals surface area contributed by atoms with Gasteiger partial charge in [0.25, 0.3) is 0 Å². The Morgan fingerprint density at radius 2 is 1.95 bits per heavy atom. The third kappa shape index (κ3) is 3.90. The average Bonchev–Trinajstić information content (AvgIpc) is 2.94. The van der Waals surface area contributed by atoms with Crippen LogP contribution in [0.1, 0.15) is 31.2 Å². The Morgan fingerprint density at radius 3 is 2.60 bits per heavy atom. The van der Waals surface area contributed by atoms with Gasteiger partial charge in [-0.05, 0) is 36.4 Å². The van der Waals surface area contributed by atoms with Crippen LogP contribution in [0.5, 0.6) is 0 Å². The molecule has 1 N–H and O–H groups in total. The highest BCUT2D eigenvalue weighted by molar-refractivity contribution is 7.10. The standard InChI is InChI=1S/C17H22FNS/c1-13(11-14-7-4-5-8-15(14)18)19-12-17(2,3)16-9-6-10-20-16/h4-10,13,19H,11-12H2,1-3H3. The fourth-order valence-corrected chi connectivity index (χ4v) is 3.10.